The largest absolute Gasteiger partial charge is 0.460 e. The predicted molar refractivity (Wildman–Crippen MR) is 111 cm³/mol. The number of ether oxygens (including phenoxy) is 2. The second-order valence-corrected chi connectivity index (χ2v) is 11.2. The number of sulfonamides is 1. The number of esters is 2. The van der Waals surface area contributed by atoms with E-state index in [9.17, 15) is 22.8 Å². The lowest BCUT2D eigenvalue weighted by atomic mass is 10.1. The molecular weight excluding hydrogens is 398 g/mol. The fourth-order valence-corrected chi connectivity index (χ4v) is 3.69. The Morgan fingerprint density at radius 1 is 0.897 bits per heavy atom. The van der Waals surface area contributed by atoms with E-state index in [1.54, 1.807) is 41.5 Å². The molecule has 0 aromatic rings. The average Bonchev–Trinajstić information content (AvgIpc) is 2.43. The first-order valence-electron chi connectivity index (χ1n) is 9.83. The molecule has 0 bridgehead atoms. The first-order chi connectivity index (χ1) is 12.9. The maximum Gasteiger partial charge on any atom is 0.325 e. The summed E-state index contributed by atoms with van der Waals surface area (Å²) in [4.78, 5) is 35.9. The Kier molecular flexibility index (Phi) is 10.5. The van der Waals surface area contributed by atoms with Crippen molar-refractivity contribution in [2.24, 2.45) is 0 Å². The number of rotatable bonds is 11. The number of unbranched alkanes of at least 4 members (excludes halogenated alkanes) is 2. The normalized spacial score (nSPS) is 13.8. The fraction of sp³-hybridized carbons (Fsp3) is 0.850. The van der Waals surface area contributed by atoms with Crippen molar-refractivity contribution in [2.45, 2.75) is 97.8 Å². The van der Waals surface area contributed by atoms with Crippen molar-refractivity contribution in [2.75, 3.05) is 12.8 Å². The van der Waals surface area contributed by atoms with Crippen molar-refractivity contribution < 1.29 is 32.3 Å². The van der Waals surface area contributed by atoms with E-state index in [0.717, 1.165) is 10.6 Å². The zero-order valence-electron chi connectivity index (χ0n) is 19.0. The number of carbonyl (C=O) groups excluding carboxylic acids is 3. The van der Waals surface area contributed by atoms with Crippen LogP contribution in [0.3, 0.4) is 0 Å². The van der Waals surface area contributed by atoms with Gasteiger partial charge in [-0.15, -0.1) is 0 Å². The Morgan fingerprint density at radius 2 is 1.41 bits per heavy atom. The van der Waals surface area contributed by atoms with Gasteiger partial charge in [0.1, 0.15) is 23.0 Å². The van der Waals surface area contributed by atoms with Crippen LogP contribution < -0.4 is 0 Å². The number of hydrogen-bond acceptors (Lipinski definition) is 7. The fourth-order valence-electron chi connectivity index (χ4n) is 2.60. The van der Waals surface area contributed by atoms with Crippen molar-refractivity contribution >= 4 is 27.7 Å². The van der Waals surface area contributed by atoms with Gasteiger partial charge in [-0.2, -0.15) is 4.31 Å². The molecule has 0 aromatic carbocycles. The molecule has 0 unspecified atom stereocenters. The van der Waals surface area contributed by atoms with E-state index in [-0.39, 0.29) is 31.1 Å². The Hall–Kier alpha value is -1.48. The summed E-state index contributed by atoms with van der Waals surface area (Å²) in [7, 11) is -3.75. The number of Topliss-reactive ketones (excluding diaryl/α,β-unsaturated/α-hetero) is 1. The zero-order chi connectivity index (χ0) is 23.0. The quantitative estimate of drug-likeness (QED) is 0.363. The van der Waals surface area contributed by atoms with Gasteiger partial charge in [-0.3, -0.25) is 14.4 Å². The van der Waals surface area contributed by atoms with Crippen LogP contribution in [0.5, 0.6) is 0 Å². The maximum absolute atomic E-state index is 12.6. The number of ketones is 1. The Balaban J connectivity index is 5.01. The van der Waals surface area contributed by atoms with Crippen LogP contribution in [0.2, 0.25) is 0 Å². The Morgan fingerprint density at radius 3 is 1.83 bits per heavy atom. The van der Waals surface area contributed by atoms with Crippen molar-refractivity contribution in [3.8, 4) is 0 Å². The van der Waals surface area contributed by atoms with Crippen LogP contribution in [0, 0.1) is 0 Å². The van der Waals surface area contributed by atoms with E-state index in [1.165, 1.54) is 6.92 Å². The third-order valence-electron chi connectivity index (χ3n) is 3.61. The summed E-state index contributed by atoms with van der Waals surface area (Å²) in [6.45, 7) is 11.8. The van der Waals surface area contributed by atoms with Gasteiger partial charge in [0.2, 0.25) is 10.0 Å². The zero-order valence-corrected chi connectivity index (χ0v) is 19.8. The monoisotopic (exact) mass is 435 g/mol. The molecule has 29 heavy (non-hydrogen) atoms. The highest BCUT2D eigenvalue weighted by atomic mass is 32.2. The molecule has 0 rings (SSSR count). The van der Waals surface area contributed by atoms with Gasteiger partial charge < -0.3 is 9.47 Å². The second-order valence-electron chi connectivity index (χ2n) is 9.23. The SMILES string of the molecule is CC(=O)C[C@@H](C(=O)OC(C)(C)C)N(CCCCCC(=O)OC(C)(C)C)S(C)(=O)=O. The minimum Gasteiger partial charge on any atom is -0.460 e. The molecule has 0 radical (unpaired) electrons. The number of carbonyl (C=O) groups is 3. The average molecular weight is 436 g/mol. The first-order valence-corrected chi connectivity index (χ1v) is 11.7. The van der Waals surface area contributed by atoms with Crippen LogP contribution in [0.1, 0.15) is 80.6 Å². The lowest BCUT2D eigenvalue weighted by Crippen LogP contribution is -2.48. The lowest BCUT2D eigenvalue weighted by Gasteiger charge is -2.30. The summed E-state index contributed by atoms with van der Waals surface area (Å²) in [5.41, 5.74) is -1.35. The molecule has 0 aliphatic carbocycles. The molecule has 0 heterocycles. The molecule has 9 heteroatoms. The number of hydrogen-bond donors (Lipinski definition) is 0. The molecule has 0 saturated heterocycles. The summed E-state index contributed by atoms with van der Waals surface area (Å²) in [5, 5.41) is 0. The van der Waals surface area contributed by atoms with E-state index in [2.05, 4.69) is 0 Å². The molecule has 0 N–H and O–H groups in total. The van der Waals surface area contributed by atoms with E-state index in [1.807, 2.05) is 0 Å². The van der Waals surface area contributed by atoms with Crippen molar-refractivity contribution in [3.63, 3.8) is 0 Å². The van der Waals surface area contributed by atoms with Gasteiger partial charge in [0.15, 0.2) is 0 Å². The van der Waals surface area contributed by atoms with E-state index < -0.39 is 33.2 Å². The molecular formula is C20H37NO7S. The first kappa shape index (κ1) is 27.5. The molecule has 1 atom stereocenters. The molecule has 170 valence electrons. The maximum atomic E-state index is 12.6. The molecule has 0 aliphatic heterocycles. The van der Waals surface area contributed by atoms with E-state index in [4.69, 9.17) is 9.47 Å². The van der Waals surface area contributed by atoms with Crippen LogP contribution in [-0.2, 0) is 33.9 Å². The minimum atomic E-state index is -3.75. The Bertz CT molecular complexity index is 672. The second kappa shape index (κ2) is 11.1. The van der Waals surface area contributed by atoms with Crippen molar-refractivity contribution in [1.82, 2.24) is 4.31 Å². The summed E-state index contributed by atoms with van der Waals surface area (Å²) in [6, 6.07) is -1.20. The van der Waals surface area contributed by atoms with Gasteiger partial charge in [-0.05, 0) is 61.3 Å². The summed E-state index contributed by atoms with van der Waals surface area (Å²) in [6.07, 6.45) is 2.54. The van der Waals surface area contributed by atoms with E-state index in [0.29, 0.717) is 19.3 Å². The minimum absolute atomic E-state index is 0.0599. The van der Waals surface area contributed by atoms with Crippen molar-refractivity contribution in [3.05, 3.63) is 0 Å². The van der Waals surface area contributed by atoms with Gasteiger partial charge >= 0.3 is 11.9 Å². The highest BCUT2D eigenvalue weighted by molar-refractivity contribution is 7.88. The van der Waals surface area contributed by atoms with Crippen LogP contribution in [0.25, 0.3) is 0 Å². The topological polar surface area (TPSA) is 107 Å². The molecule has 0 spiro atoms. The van der Waals surface area contributed by atoms with Crippen LogP contribution in [0.15, 0.2) is 0 Å². The lowest BCUT2D eigenvalue weighted by molar-refractivity contribution is -0.160. The molecule has 0 amide bonds. The van der Waals surface area contributed by atoms with E-state index >= 15 is 0 Å². The van der Waals surface area contributed by atoms with Gasteiger partial charge in [0, 0.05) is 19.4 Å². The third-order valence-corrected chi connectivity index (χ3v) is 4.90. The molecule has 0 aromatic heterocycles. The smallest absolute Gasteiger partial charge is 0.325 e. The van der Waals surface area contributed by atoms with Gasteiger partial charge in [0.25, 0.3) is 0 Å². The van der Waals surface area contributed by atoms with Gasteiger partial charge in [-0.1, -0.05) is 6.42 Å². The van der Waals surface area contributed by atoms with Gasteiger partial charge in [0.05, 0.1) is 6.26 Å². The summed E-state index contributed by atoms with van der Waals surface area (Å²) in [5.74, 6) is -1.35. The third kappa shape index (κ3) is 13.4. The van der Waals surface area contributed by atoms with Crippen LogP contribution in [-0.4, -0.2) is 60.5 Å². The molecule has 0 fully saturated rings. The highest BCUT2D eigenvalue weighted by Crippen LogP contribution is 2.18. The highest BCUT2D eigenvalue weighted by Gasteiger charge is 2.36. The van der Waals surface area contributed by atoms with Crippen LogP contribution >= 0.6 is 0 Å². The van der Waals surface area contributed by atoms with Crippen molar-refractivity contribution in [1.29, 1.82) is 0 Å². The molecule has 8 nitrogen and oxygen atoms in total. The van der Waals surface area contributed by atoms with Gasteiger partial charge in [-0.25, -0.2) is 8.42 Å². The summed E-state index contributed by atoms with van der Waals surface area (Å²) < 4.78 is 36.2. The standard InChI is InChI=1S/C20H37NO7S/c1-15(22)14-16(18(24)28-20(5,6)7)21(29(8,25)26)13-11-9-10-12-17(23)27-19(2,3)4/h16H,9-14H2,1-8H3/t16-/m0/s1. The Labute approximate surface area is 175 Å². The molecule has 0 aliphatic rings. The number of nitrogens with zero attached hydrogens (tertiary/aromatic N) is 1. The molecule has 0 saturated carbocycles. The predicted octanol–water partition coefficient (Wildman–Crippen LogP) is 2.84. The van der Waals surface area contributed by atoms with Crippen LogP contribution in [0.4, 0.5) is 0 Å². The summed E-state index contributed by atoms with van der Waals surface area (Å²) >= 11 is 0.